The zero-order valence-corrected chi connectivity index (χ0v) is 22.4. The zero-order valence-electron chi connectivity index (χ0n) is 22.4. The fourth-order valence-electron chi connectivity index (χ4n) is 4.65. The Kier molecular flexibility index (Phi) is 9.17. The SMILES string of the molecule is COC(=O)c1ccc(NC(C(=O)Cc2ccc(NC(=O)Nc3ccccc3C)c(OC)c2)C2CCCN2)cc1. The first-order valence-corrected chi connectivity index (χ1v) is 12.9. The van der Waals surface area contributed by atoms with Crippen LogP contribution in [0.5, 0.6) is 5.75 Å². The van der Waals surface area contributed by atoms with Gasteiger partial charge in [0.2, 0.25) is 0 Å². The topological polar surface area (TPSA) is 118 Å². The van der Waals surface area contributed by atoms with Crippen LogP contribution in [0, 0.1) is 6.92 Å². The molecule has 2 unspecified atom stereocenters. The van der Waals surface area contributed by atoms with Crippen LogP contribution < -0.4 is 26.0 Å². The molecule has 9 heteroatoms. The highest BCUT2D eigenvalue weighted by molar-refractivity contribution is 6.01. The molecule has 0 aromatic heterocycles. The molecule has 0 aliphatic carbocycles. The van der Waals surface area contributed by atoms with E-state index in [-0.39, 0.29) is 24.3 Å². The molecule has 4 rings (SSSR count). The predicted molar refractivity (Wildman–Crippen MR) is 152 cm³/mol. The number of para-hydroxylation sites is 1. The molecule has 1 heterocycles. The molecule has 1 saturated heterocycles. The lowest BCUT2D eigenvalue weighted by Gasteiger charge is -2.25. The normalized spacial score (nSPS) is 15.2. The van der Waals surface area contributed by atoms with Gasteiger partial charge in [0.05, 0.1) is 25.5 Å². The maximum absolute atomic E-state index is 13.5. The van der Waals surface area contributed by atoms with E-state index in [0.29, 0.717) is 17.0 Å². The number of hydrogen-bond acceptors (Lipinski definition) is 7. The number of Topliss-reactive ketones (excluding diaryl/α,β-unsaturated/α-hetero) is 1. The molecule has 2 amide bonds. The van der Waals surface area contributed by atoms with Crippen molar-refractivity contribution in [2.75, 3.05) is 36.7 Å². The Morgan fingerprint density at radius 1 is 0.974 bits per heavy atom. The predicted octanol–water partition coefficient (Wildman–Crippen LogP) is 4.78. The average Bonchev–Trinajstić information content (AvgIpc) is 3.48. The first-order valence-electron chi connectivity index (χ1n) is 12.9. The number of nitrogens with one attached hydrogen (secondary N) is 4. The third kappa shape index (κ3) is 7.14. The molecule has 0 bridgehead atoms. The second-order valence-corrected chi connectivity index (χ2v) is 9.47. The van der Waals surface area contributed by atoms with Crippen molar-refractivity contribution < 1.29 is 23.9 Å². The molecule has 0 radical (unpaired) electrons. The van der Waals surface area contributed by atoms with Crippen molar-refractivity contribution in [2.45, 2.75) is 38.3 Å². The van der Waals surface area contributed by atoms with E-state index in [0.717, 1.165) is 41.9 Å². The van der Waals surface area contributed by atoms with Gasteiger partial charge in [-0.1, -0.05) is 24.3 Å². The van der Waals surface area contributed by atoms with Gasteiger partial charge < -0.3 is 30.7 Å². The summed E-state index contributed by atoms with van der Waals surface area (Å²) >= 11 is 0. The van der Waals surface area contributed by atoms with Gasteiger partial charge in [0.25, 0.3) is 0 Å². The van der Waals surface area contributed by atoms with Crippen molar-refractivity contribution in [1.82, 2.24) is 5.32 Å². The first-order chi connectivity index (χ1) is 18.9. The molecule has 1 aliphatic rings. The number of methoxy groups -OCH3 is 2. The van der Waals surface area contributed by atoms with E-state index in [9.17, 15) is 14.4 Å². The van der Waals surface area contributed by atoms with Crippen molar-refractivity contribution in [3.05, 3.63) is 83.4 Å². The minimum absolute atomic E-state index is 0.00856. The van der Waals surface area contributed by atoms with E-state index in [1.54, 1.807) is 36.4 Å². The van der Waals surface area contributed by atoms with Crippen LogP contribution in [-0.2, 0) is 16.0 Å². The Balaban J connectivity index is 1.45. The van der Waals surface area contributed by atoms with Gasteiger partial charge in [-0.25, -0.2) is 9.59 Å². The average molecular weight is 531 g/mol. The fourth-order valence-corrected chi connectivity index (χ4v) is 4.65. The minimum atomic E-state index is -0.458. The second-order valence-electron chi connectivity index (χ2n) is 9.47. The molecule has 3 aromatic rings. The Morgan fingerprint density at radius 3 is 2.38 bits per heavy atom. The summed E-state index contributed by atoms with van der Waals surface area (Å²) < 4.78 is 10.3. The van der Waals surface area contributed by atoms with Gasteiger partial charge in [-0.05, 0) is 79.9 Å². The lowest BCUT2D eigenvalue weighted by atomic mass is 9.96. The summed E-state index contributed by atoms with van der Waals surface area (Å²) in [6.07, 6.45) is 2.06. The van der Waals surface area contributed by atoms with Gasteiger partial charge in [0.15, 0.2) is 5.78 Å². The fraction of sp³-hybridized carbons (Fsp3) is 0.300. The van der Waals surface area contributed by atoms with Crippen LogP contribution in [0.25, 0.3) is 0 Å². The number of carbonyl (C=O) groups excluding carboxylic acids is 3. The van der Waals surface area contributed by atoms with E-state index in [1.807, 2.05) is 37.3 Å². The molecule has 9 nitrogen and oxygen atoms in total. The van der Waals surface area contributed by atoms with Crippen molar-refractivity contribution in [2.24, 2.45) is 0 Å². The van der Waals surface area contributed by atoms with Gasteiger partial charge in [-0.3, -0.25) is 4.79 Å². The van der Waals surface area contributed by atoms with Crippen LogP contribution in [0.3, 0.4) is 0 Å². The summed E-state index contributed by atoms with van der Waals surface area (Å²) in [6.45, 7) is 2.78. The molecule has 1 aliphatic heterocycles. The molecule has 3 aromatic carbocycles. The number of anilines is 3. The van der Waals surface area contributed by atoms with Gasteiger partial charge >= 0.3 is 12.0 Å². The smallest absolute Gasteiger partial charge is 0.337 e. The van der Waals surface area contributed by atoms with E-state index in [2.05, 4.69) is 21.3 Å². The number of urea groups is 1. The summed E-state index contributed by atoms with van der Waals surface area (Å²) in [6, 6.07) is 18.9. The number of ketones is 1. The third-order valence-corrected chi connectivity index (χ3v) is 6.76. The molecule has 0 spiro atoms. The van der Waals surface area contributed by atoms with Crippen molar-refractivity contribution in [1.29, 1.82) is 0 Å². The van der Waals surface area contributed by atoms with Crippen LogP contribution >= 0.6 is 0 Å². The molecular weight excluding hydrogens is 496 g/mol. The number of aryl methyl sites for hydroxylation is 1. The molecule has 1 fully saturated rings. The minimum Gasteiger partial charge on any atom is -0.495 e. The highest BCUT2D eigenvalue weighted by atomic mass is 16.5. The van der Waals surface area contributed by atoms with Crippen LogP contribution in [0.2, 0.25) is 0 Å². The highest BCUT2D eigenvalue weighted by Gasteiger charge is 2.30. The number of esters is 1. The van der Waals surface area contributed by atoms with Crippen molar-refractivity contribution in [3.8, 4) is 5.75 Å². The van der Waals surface area contributed by atoms with E-state index in [1.165, 1.54) is 14.2 Å². The molecular formula is C30H34N4O5. The number of hydrogen-bond donors (Lipinski definition) is 4. The Hall–Kier alpha value is -4.37. The van der Waals surface area contributed by atoms with Crippen LogP contribution in [0.4, 0.5) is 21.9 Å². The summed E-state index contributed by atoms with van der Waals surface area (Å²) in [5.74, 6) is 0.0693. The lowest BCUT2D eigenvalue weighted by molar-refractivity contribution is -0.119. The Labute approximate surface area is 228 Å². The second kappa shape index (κ2) is 12.9. The largest absolute Gasteiger partial charge is 0.495 e. The Bertz CT molecular complexity index is 1320. The number of amides is 2. The summed E-state index contributed by atoms with van der Waals surface area (Å²) in [4.78, 5) is 37.9. The number of ether oxygens (including phenoxy) is 2. The maximum atomic E-state index is 13.5. The summed E-state index contributed by atoms with van der Waals surface area (Å²) in [5.41, 5.74) is 4.12. The molecule has 2 atom stereocenters. The van der Waals surface area contributed by atoms with Gasteiger partial charge in [0, 0.05) is 23.8 Å². The van der Waals surface area contributed by atoms with Crippen molar-refractivity contribution >= 4 is 34.8 Å². The quantitative estimate of drug-likeness (QED) is 0.279. The number of carbonyl (C=O) groups is 3. The standard InChI is InChI=1S/C30H34N4O5/c1-19-7-4-5-8-23(19)33-30(37)34-24-15-10-20(18-27(24)38-2)17-26(35)28(25-9-6-16-31-25)32-22-13-11-21(12-14-22)29(36)39-3/h4-5,7-8,10-15,18,25,28,31-32H,6,9,16-17H2,1-3H3,(H2,33,34,37). The van der Waals surface area contributed by atoms with E-state index in [4.69, 9.17) is 9.47 Å². The number of benzene rings is 3. The van der Waals surface area contributed by atoms with Crippen molar-refractivity contribution in [3.63, 3.8) is 0 Å². The zero-order chi connectivity index (χ0) is 27.8. The maximum Gasteiger partial charge on any atom is 0.337 e. The summed E-state index contributed by atoms with van der Waals surface area (Å²) in [5, 5.41) is 12.4. The molecule has 204 valence electrons. The molecule has 39 heavy (non-hydrogen) atoms. The van der Waals surface area contributed by atoms with E-state index >= 15 is 0 Å². The van der Waals surface area contributed by atoms with E-state index < -0.39 is 12.0 Å². The highest BCUT2D eigenvalue weighted by Crippen LogP contribution is 2.27. The summed E-state index contributed by atoms with van der Waals surface area (Å²) in [7, 11) is 2.86. The van der Waals surface area contributed by atoms with Crippen LogP contribution in [0.15, 0.2) is 66.7 Å². The van der Waals surface area contributed by atoms with Gasteiger partial charge in [-0.15, -0.1) is 0 Å². The van der Waals surface area contributed by atoms with Gasteiger partial charge in [0.1, 0.15) is 11.8 Å². The van der Waals surface area contributed by atoms with Crippen LogP contribution in [0.1, 0.15) is 34.3 Å². The number of rotatable bonds is 10. The van der Waals surface area contributed by atoms with Gasteiger partial charge in [-0.2, -0.15) is 0 Å². The monoisotopic (exact) mass is 530 g/mol. The molecule has 4 N–H and O–H groups in total. The lowest BCUT2D eigenvalue weighted by Crippen LogP contribution is -2.46. The third-order valence-electron chi connectivity index (χ3n) is 6.76. The van der Waals surface area contributed by atoms with Crippen LogP contribution in [-0.4, -0.2) is 50.6 Å². The molecule has 0 saturated carbocycles. The first kappa shape index (κ1) is 27.7. The Morgan fingerprint density at radius 2 is 1.72 bits per heavy atom.